The van der Waals surface area contributed by atoms with E-state index in [1.807, 2.05) is 25.7 Å². The van der Waals surface area contributed by atoms with Crippen molar-refractivity contribution in [2.24, 2.45) is 11.8 Å². The highest BCUT2D eigenvalue weighted by molar-refractivity contribution is 5.81. The number of nitriles is 1. The lowest BCUT2D eigenvalue weighted by molar-refractivity contribution is -0.182. The number of rotatable bonds is 3. The van der Waals surface area contributed by atoms with Gasteiger partial charge in [0.05, 0.1) is 17.2 Å². The van der Waals surface area contributed by atoms with Crippen molar-refractivity contribution < 1.29 is 19.4 Å². The van der Waals surface area contributed by atoms with Gasteiger partial charge < -0.3 is 14.7 Å². The van der Waals surface area contributed by atoms with Crippen molar-refractivity contribution in [1.82, 2.24) is 9.80 Å². The summed E-state index contributed by atoms with van der Waals surface area (Å²) < 4.78 is 5.52. The van der Waals surface area contributed by atoms with Gasteiger partial charge in [-0.1, -0.05) is 0 Å². The van der Waals surface area contributed by atoms with Gasteiger partial charge in [-0.15, -0.1) is 0 Å². The smallest absolute Gasteiger partial charge is 0.411 e. The van der Waals surface area contributed by atoms with Crippen LogP contribution in [0, 0.1) is 23.2 Å². The molecule has 1 N–H and O–H groups in total. The zero-order chi connectivity index (χ0) is 21.0. The first-order valence-electron chi connectivity index (χ1n) is 10.9. The minimum Gasteiger partial charge on any atom is -0.439 e. The van der Waals surface area contributed by atoms with Crippen LogP contribution in [0.5, 0.6) is 0 Å². The molecule has 7 heteroatoms. The lowest BCUT2D eigenvalue weighted by atomic mass is 9.50. The maximum absolute atomic E-state index is 13.3. The van der Waals surface area contributed by atoms with Gasteiger partial charge in [0.2, 0.25) is 0 Å². The van der Waals surface area contributed by atoms with Crippen molar-refractivity contribution in [3.63, 3.8) is 0 Å². The molecule has 4 bridgehead atoms. The summed E-state index contributed by atoms with van der Waals surface area (Å²) in [5.41, 5.74) is -1.57. The molecule has 29 heavy (non-hydrogen) atoms. The zero-order valence-electron chi connectivity index (χ0n) is 17.8. The number of amides is 2. The number of aliphatic hydroxyl groups is 1. The van der Waals surface area contributed by atoms with Crippen molar-refractivity contribution in [1.29, 1.82) is 5.26 Å². The molecule has 4 aliphatic carbocycles. The summed E-state index contributed by atoms with van der Waals surface area (Å²) in [4.78, 5) is 29.1. The van der Waals surface area contributed by atoms with E-state index in [2.05, 4.69) is 6.07 Å². The topological polar surface area (TPSA) is 93.9 Å². The Labute approximate surface area is 173 Å². The Morgan fingerprint density at radius 3 is 2.45 bits per heavy atom. The van der Waals surface area contributed by atoms with E-state index in [-0.39, 0.29) is 12.5 Å². The largest absolute Gasteiger partial charge is 0.439 e. The van der Waals surface area contributed by atoms with Crippen LogP contribution in [0.2, 0.25) is 0 Å². The normalized spacial score (nSPS) is 38.0. The molecule has 0 aromatic carbocycles. The molecule has 1 heterocycles. The average molecular weight is 404 g/mol. The molecule has 4 saturated carbocycles. The fourth-order valence-corrected chi connectivity index (χ4v) is 7.08. The summed E-state index contributed by atoms with van der Waals surface area (Å²) in [7, 11) is 0. The highest BCUT2D eigenvalue weighted by atomic mass is 16.6. The van der Waals surface area contributed by atoms with Gasteiger partial charge in [0.1, 0.15) is 6.04 Å². The lowest BCUT2D eigenvalue weighted by Gasteiger charge is -2.64. The van der Waals surface area contributed by atoms with Gasteiger partial charge in [-0.05, 0) is 84.0 Å². The zero-order valence-corrected chi connectivity index (χ0v) is 17.8. The number of likely N-dealkylation sites (tertiary alicyclic amines) is 1. The monoisotopic (exact) mass is 403 g/mol. The second-order valence-corrected chi connectivity index (χ2v) is 10.8. The van der Waals surface area contributed by atoms with Crippen molar-refractivity contribution in [2.45, 2.75) is 94.9 Å². The van der Waals surface area contributed by atoms with Crippen molar-refractivity contribution in [2.75, 3.05) is 13.2 Å². The van der Waals surface area contributed by atoms with Crippen LogP contribution in [0.15, 0.2) is 0 Å². The lowest BCUT2D eigenvalue weighted by Crippen LogP contribution is -2.70. The van der Waals surface area contributed by atoms with Gasteiger partial charge in [0.15, 0.2) is 6.61 Å². The van der Waals surface area contributed by atoms with E-state index < -0.39 is 28.8 Å². The Morgan fingerprint density at radius 2 is 1.90 bits per heavy atom. The van der Waals surface area contributed by atoms with Gasteiger partial charge in [0.25, 0.3) is 5.91 Å². The van der Waals surface area contributed by atoms with E-state index in [0.717, 1.165) is 38.5 Å². The van der Waals surface area contributed by atoms with Gasteiger partial charge in [-0.25, -0.2) is 4.79 Å². The number of hydrogen-bond donors (Lipinski definition) is 1. The molecule has 7 nitrogen and oxygen atoms in total. The third-order valence-corrected chi connectivity index (χ3v) is 7.37. The van der Waals surface area contributed by atoms with E-state index in [0.29, 0.717) is 31.2 Å². The van der Waals surface area contributed by atoms with E-state index in [4.69, 9.17) is 4.74 Å². The standard InChI is InChI=1S/C22H33N3O4/c1-20(2,3)25(19(27)29-13-18(26)24-6-4-5-17(24)12-23)21-8-15-7-16(9-21)11-22(28,10-15)14-21/h15-17,28H,4-11,13-14H2,1-3H3/t15?,16?,17-,21?,22?/m0/s1. The number of carbonyl (C=O) groups excluding carboxylic acids is 2. The Balaban J connectivity index is 1.50. The van der Waals surface area contributed by atoms with Crippen LogP contribution in [0.3, 0.4) is 0 Å². The molecular weight excluding hydrogens is 370 g/mol. The molecule has 5 fully saturated rings. The van der Waals surface area contributed by atoms with Crippen LogP contribution in [-0.4, -0.2) is 62.8 Å². The molecule has 160 valence electrons. The number of ether oxygens (including phenoxy) is 1. The molecular formula is C22H33N3O4. The number of nitrogens with zero attached hydrogens (tertiary/aromatic N) is 3. The van der Waals surface area contributed by atoms with Crippen molar-refractivity contribution in [3.8, 4) is 6.07 Å². The molecule has 5 aliphatic rings. The highest BCUT2D eigenvalue weighted by Crippen LogP contribution is 2.60. The highest BCUT2D eigenvalue weighted by Gasteiger charge is 2.62. The third kappa shape index (κ3) is 3.61. The predicted molar refractivity (Wildman–Crippen MR) is 106 cm³/mol. The summed E-state index contributed by atoms with van der Waals surface area (Å²) in [6.07, 6.45) is 6.19. The van der Waals surface area contributed by atoms with Crippen molar-refractivity contribution >= 4 is 12.0 Å². The summed E-state index contributed by atoms with van der Waals surface area (Å²) in [5.74, 6) is 0.587. The molecule has 0 spiro atoms. The number of hydrogen-bond acceptors (Lipinski definition) is 5. The first kappa shape index (κ1) is 20.5. The molecule has 0 aromatic rings. The number of carbonyl (C=O) groups is 2. The van der Waals surface area contributed by atoms with E-state index in [1.54, 1.807) is 0 Å². The second-order valence-electron chi connectivity index (χ2n) is 10.8. The second kappa shape index (κ2) is 6.87. The maximum atomic E-state index is 13.3. The van der Waals surface area contributed by atoms with Crippen LogP contribution in [0.25, 0.3) is 0 Å². The Bertz CT molecular complexity index is 723. The quantitative estimate of drug-likeness (QED) is 0.782. The van der Waals surface area contributed by atoms with Gasteiger partial charge in [0, 0.05) is 12.1 Å². The molecule has 2 amide bonds. The molecule has 5 rings (SSSR count). The fraction of sp³-hybridized carbons (Fsp3) is 0.864. The van der Waals surface area contributed by atoms with E-state index >= 15 is 0 Å². The van der Waals surface area contributed by atoms with E-state index in [9.17, 15) is 20.0 Å². The molecule has 0 aromatic heterocycles. The molecule has 3 atom stereocenters. The van der Waals surface area contributed by atoms with Crippen LogP contribution < -0.4 is 0 Å². The Hall–Kier alpha value is -1.81. The first-order valence-corrected chi connectivity index (χ1v) is 10.9. The Morgan fingerprint density at radius 1 is 1.24 bits per heavy atom. The third-order valence-electron chi connectivity index (χ3n) is 7.37. The molecule has 0 radical (unpaired) electrons. The van der Waals surface area contributed by atoms with Crippen LogP contribution in [0.1, 0.15) is 72.1 Å². The van der Waals surface area contributed by atoms with Gasteiger partial charge in [-0.3, -0.25) is 9.69 Å². The minimum absolute atomic E-state index is 0.305. The van der Waals surface area contributed by atoms with Gasteiger partial charge >= 0.3 is 6.09 Å². The van der Waals surface area contributed by atoms with Crippen molar-refractivity contribution in [3.05, 3.63) is 0 Å². The van der Waals surface area contributed by atoms with Crippen LogP contribution >= 0.6 is 0 Å². The predicted octanol–water partition coefficient (Wildman–Crippen LogP) is 2.82. The average Bonchev–Trinajstić information content (AvgIpc) is 3.04. The molecule has 1 aliphatic heterocycles. The molecule has 1 saturated heterocycles. The summed E-state index contributed by atoms with van der Waals surface area (Å²) in [6.45, 7) is 6.18. The SMILES string of the molecule is CC(C)(C)N(C(=O)OCC(=O)N1CCC[C@H]1C#N)C12CC3CC(CC(O)(C3)C1)C2. The first-order chi connectivity index (χ1) is 13.6. The minimum atomic E-state index is -0.681. The van der Waals surface area contributed by atoms with E-state index in [1.165, 1.54) is 4.90 Å². The molecule has 2 unspecified atom stereocenters. The summed E-state index contributed by atoms with van der Waals surface area (Å²) >= 11 is 0. The van der Waals surface area contributed by atoms with Crippen LogP contribution in [-0.2, 0) is 9.53 Å². The maximum Gasteiger partial charge on any atom is 0.411 e. The Kier molecular flexibility index (Phi) is 4.85. The van der Waals surface area contributed by atoms with Crippen LogP contribution in [0.4, 0.5) is 4.79 Å². The summed E-state index contributed by atoms with van der Waals surface area (Å²) in [6, 6.07) is 1.73. The fourth-order valence-electron chi connectivity index (χ4n) is 7.08. The van der Waals surface area contributed by atoms with Gasteiger partial charge in [-0.2, -0.15) is 5.26 Å². The summed E-state index contributed by atoms with van der Waals surface area (Å²) in [5, 5.41) is 20.3.